The molecule has 0 saturated carbocycles. The molecule has 4 heteroatoms. The van der Waals surface area contributed by atoms with Crippen molar-refractivity contribution >= 4 is 27.6 Å². The van der Waals surface area contributed by atoms with Crippen LogP contribution in [-0.2, 0) is 9.53 Å². The summed E-state index contributed by atoms with van der Waals surface area (Å²) in [6.45, 7) is 6.89. The van der Waals surface area contributed by atoms with E-state index >= 15 is 0 Å². The first-order valence-electron chi connectivity index (χ1n) is 5.88. The highest BCUT2D eigenvalue weighted by Gasteiger charge is 2.01. The van der Waals surface area contributed by atoms with Crippen LogP contribution in [0.15, 0.2) is 28.8 Å². The molecule has 98 valence electrons. The SMILES string of the molecule is CCOC(=O)/C=C/CNc1cc(C)c(Br)c(C)c1. The lowest BCUT2D eigenvalue weighted by molar-refractivity contribution is -0.137. The smallest absolute Gasteiger partial charge is 0.330 e. The number of rotatable bonds is 5. The van der Waals surface area contributed by atoms with E-state index in [1.807, 2.05) is 0 Å². The summed E-state index contributed by atoms with van der Waals surface area (Å²) in [5.74, 6) is -0.303. The van der Waals surface area contributed by atoms with Crippen molar-refractivity contribution in [3.8, 4) is 0 Å². The molecule has 1 N–H and O–H groups in total. The average molecular weight is 312 g/mol. The molecule has 1 aromatic rings. The number of benzene rings is 1. The lowest BCUT2D eigenvalue weighted by Gasteiger charge is -2.08. The highest BCUT2D eigenvalue weighted by atomic mass is 79.9. The summed E-state index contributed by atoms with van der Waals surface area (Å²) in [5.41, 5.74) is 3.42. The molecular weight excluding hydrogens is 294 g/mol. The molecule has 3 nitrogen and oxygen atoms in total. The van der Waals surface area contributed by atoms with E-state index in [4.69, 9.17) is 4.74 Å². The molecule has 0 bridgehead atoms. The second-order valence-corrected chi connectivity index (χ2v) is 4.75. The molecule has 0 saturated heterocycles. The minimum Gasteiger partial charge on any atom is -0.463 e. The minimum atomic E-state index is -0.303. The summed E-state index contributed by atoms with van der Waals surface area (Å²) in [7, 11) is 0. The lowest BCUT2D eigenvalue weighted by Crippen LogP contribution is -2.03. The number of carbonyl (C=O) groups is 1. The van der Waals surface area contributed by atoms with Crippen molar-refractivity contribution in [1.82, 2.24) is 0 Å². The van der Waals surface area contributed by atoms with Crippen LogP contribution < -0.4 is 5.32 Å². The first kappa shape index (κ1) is 14.8. The van der Waals surface area contributed by atoms with Crippen molar-refractivity contribution < 1.29 is 9.53 Å². The average Bonchev–Trinajstić information content (AvgIpc) is 2.32. The standard InChI is InChI=1S/C14H18BrNO2/c1-4-18-13(17)6-5-7-16-12-8-10(2)14(15)11(3)9-12/h5-6,8-9,16H,4,7H2,1-3H3/b6-5+. The molecule has 0 aliphatic rings. The maximum Gasteiger partial charge on any atom is 0.330 e. The van der Waals surface area contributed by atoms with E-state index < -0.39 is 0 Å². The van der Waals surface area contributed by atoms with E-state index in [0.717, 1.165) is 10.2 Å². The van der Waals surface area contributed by atoms with Gasteiger partial charge < -0.3 is 10.1 Å². The fraction of sp³-hybridized carbons (Fsp3) is 0.357. The van der Waals surface area contributed by atoms with E-state index in [-0.39, 0.29) is 5.97 Å². The second kappa shape index (κ2) is 7.21. The number of carbonyl (C=O) groups excluding carboxylic acids is 1. The van der Waals surface area contributed by atoms with Crippen LogP contribution in [0.2, 0.25) is 0 Å². The van der Waals surface area contributed by atoms with E-state index in [0.29, 0.717) is 13.2 Å². The number of esters is 1. The molecule has 0 amide bonds. The van der Waals surface area contributed by atoms with Gasteiger partial charge >= 0.3 is 5.97 Å². The summed E-state index contributed by atoms with van der Waals surface area (Å²) in [6.07, 6.45) is 3.19. The topological polar surface area (TPSA) is 38.3 Å². The molecule has 0 atom stereocenters. The first-order chi connectivity index (χ1) is 8.54. The third kappa shape index (κ3) is 4.53. The van der Waals surface area contributed by atoms with Gasteiger partial charge in [0.1, 0.15) is 0 Å². The predicted molar refractivity (Wildman–Crippen MR) is 77.9 cm³/mol. The normalized spacial score (nSPS) is 10.7. The van der Waals surface area contributed by atoms with Gasteiger partial charge in [-0.15, -0.1) is 0 Å². The number of anilines is 1. The summed E-state index contributed by atoms with van der Waals surface area (Å²) < 4.78 is 5.92. The fourth-order valence-corrected chi connectivity index (χ4v) is 1.80. The lowest BCUT2D eigenvalue weighted by atomic mass is 10.1. The quantitative estimate of drug-likeness (QED) is 0.667. The van der Waals surface area contributed by atoms with Crippen molar-refractivity contribution in [2.24, 2.45) is 0 Å². The molecule has 0 fully saturated rings. The molecule has 1 rings (SSSR count). The number of nitrogens with one attached hydrogen (secondary N) is 1. The van der Waals surface area contributed by atoms with Crippen LogP contribution in [0, 0.1) is 13.8 Å². The number of halogens is 1. The maximum atomic E-state index is 11.1. The van der Waals surface area contributed by atoms with Gasteiger partial charge in [-0.05, 0) is 44.0 Å². The zero-order chi connectivity index (χ0) is 13.5. The summed E-state index contributed by atoms with van der Waals surface area (Å²) in [5, 5.41) is 3.24. The summed E-state index contributed by atoms with van der Waals surface area (Å²) >= 11 is 3.53. The molecule has 0 radical (unpaired) electrons. The minimum absolute atomic E-state index is 0.303. The first-order valence-corrected chi connectivity index (χ1v) is 6.67. The number of hydrogen-bond acceptors (Lipinski definition) is 3. The number of aryl methyl sites for hydroxylation is 2. The van der Waals surface area contributed by atoms with Crippen molar-refractivity contribution in [3.63, 3.8) is 0 Å². The van der Waals surface area contributed by atoms with Crippen LogP contribution in [0.4, 0.5) is 5.69 Å². The molecule has 0 unspecified atom stereocenters. The van der Waals surface area contributed by atoms with Crippen LogP contribution in [-0.4, -0.2) is 19.1 Å². The van der Waals surface area contributed by atoms with Crippen LogP contribution in [0.5, 0.6) is 0 Å². The molecule has 1 aromatic carbocycles. The van der Waals surface area contributed by atoms with Crippen molar-refractivity contribution in [1.29, 1.82) is 0 Å². The zero-order valence-corrected chi connectivity index (χ0v) is 12.5. The molecule has 18 heavy (non-hydrogen) atoms. The Morgan fingerprint density at radius 3 is 2.56 bits per heavy atom. The van der Waals surface area contributed by atoms with Gasteiger partial charge in [-0.25, -0.2) is 4.79 Å². The molecular formula is C14H18BrNO2. The monoisotopic (exact) mass is 311 g/mol. The highest BCUT2D eigenvalue weighted by Crippen LogP contribution is 2.24. The van der Waals surface area contributed by atoms with Crippen LogP contribution in [0.1, 0.15) is 18.1 Å². The molecule has 0 aliphatic heterocycles. The fourth-order valence-electron chi connectivity index (χ4n) is 1.57. The van der Waals surface area contributed by atoms with Gasteiger partial charge in [-0.3, -0.25) is 0 Å². The molecule has 0 spiro atoms. The van der Waals surface area contributed by atoms with Gasteiger partial charge in [0, 0.05) is 22.8 Å². The Kier molecular flexibility index (Phi) is 5.92. The Hall–Kier alpha value is -1.29. The molecule has 0 aromatic heterocycles. The van der Waals surface area contributed by atoms with E-state index in [9.17, 15) is 4.79 Å². The van der Waals surface area contributed by atoms with Crippen LogP contribution >= 0.6 is 15.9 Å². The van der Waals surface area contributed by atoms with Gasteiger partial charge in [0.25, 0.3) is 0 Å². The Morgan fingerprint density at radius 2 is 2.00 bits per heavy atom. The summed E-state index contributed by atoms with van der Waals surface area (Å²) in [6, 6.07) is 4.13. The number of hydrogen-bond donors (Lipinski definition) is 1. The van der Waals surface area contributed by atoms with E-state index in [2.05, 4.69) is 47.2 Å². The second-order valence-electron chi connectivity index (χ2n) is 3.96. The van der Waals surface area contributed by atoms with Crippen LogP contribution in [0.25, 0.3) is 0 Å². The zero-order valence-electron chi connectivity index (χ0n) is 10.9. The van der Waals surface area contributed by atoms with E-state index in [1.54, 1.807) is 13.0 Å². The van der Waals surface area contributed by atoms with Gasteiger partial charge in [-0.2, -0.15) is 0 Å². The predicted octanol–water partition coefficient (Wildman–Crippen LogP) is 3.60. The van der Waals surface area contributed by atoms with Crippen molar-refractivity contribution in [3.05, 3.63) is 39.9 Å². The Morgan fingerprint density at radius 1 is 1.39 bits per heavy atom. The van der Waals surface area contributed by atoms with Crippen molar-refractivity contribution in [2.45, 2.75) is 20.8 Å². The van der Waals surface area contributed by atoms with E-state index in [1.165, 1.54) is 17.2 Å². The third-order valence-electron chi connectivity index (χ3n) is 2.40. The van der Waals surface area contributed by atoms with Gasteiger partial charge in [0.15, 0.2) is 0 Å². The third-order valence-corrected chi connectivity index (χ3v) is 3.65. The van der Waals surface area contributed by atoms with Gasteiger partial charge in [-0.1, -0.05) is 22.0 Å². The summed E-state index contributed by atoms with van der Waals surface area (Å²) in [4.78, 5) is 11.1. The maximum absolute atomic E-state index is 11.1. The number of ether oxygens (including phenoxy) is 1. The largest absolute Gasteiger partial charge is 0.463 e. The molecule has 0 heterocycles. The van der Waals surface area contributed by atoms with Crippen LogP contribution in [0.3, 0.4) is 0 Å². The van der Waals surface area contributed by atoms with Gasteiger partial charge in [0.05, 0.1) is 6.61 Å². The Balaban J connectivity index is 2.52. The molecule has 0 aliphatic carbocycles. The van der Waals surface area contributed by atoms with Crippen molar-refractivity contribution in [2.75, 3.05) is 18.5 Å². The Labute approximate surface area is 116 Å². The highest BCUT2D eigenvalue weighted by molar-refractivity contribution is 9.10. The van der Waals surface area contributed by atoms with Gasteiger partial charge in [0.2, 0.25) is 0 Å². The Bertz CT molecular complexity index is 432.